The summed E-state index contributed by atoms with van der Waals surface area (Å²) in [5.74, 6) is 0.0557. The number of aryl methyl sites for hydroxylation is 1. The first-order chi connectivity index (χ1) is 13.2. The van der Waals surface area contributed by atoms with E-state index in [4.69, 9.17) is 0 Å². The van der Waals surface area contributed by atoms with Crippen LogP contribution in [0.5, 0.6) is 0 Å². The van der Waals surface area contributed by atoms with Gasteiger partial charge in [0.15, 0.2) is 0 Å². The molecule has 1 saturated heterocycles. The zero-order valence-electron chi connectivity index (χ0n) is 15.3. The lowest BCUT2D eigenvalue weighted by Gasteiger charge is -2.35. The van der Waals surface area contributed by atoms with Crippen LogP contribution in [0.2, 0.25) is 0 Å². The van der Waals surface area contributed by atoms with E-state index in [0.717, 1.165) is 38.4 Å². The van der Waals surface area contributed by atoms with Crippen LogP contribution in [0.4, 0.5) is 0 Å². The minimum absolute atomic E-state index is 0.0557. The van der Waals surface area contributed by atoms with E-state index in [1.54, 1.807) is 4.68 Å². The normalized spacial score (nSPS) is 15.1. The van der Waals surface area contributed by atoms with Crippen LogP contribution in [0.15, 0.2) is 54.9 Å². The van der Waals surface area contributed by atoms with E-state index in [1.807, 2.05) is 29.2 Å². The molecule has 7 nitrogen and oxygen atoms in total. The van der Waals surface area contributed by atoms with E-state index in [1.165, 1.54) is 17.5 Å². The Labute approximate surface area is 158 Å². The van der Waals surface area contributed by atoms with Crippen molar-refractivity contribution >= 4 is 5.91 Å². The smallest absolute Gasteiger partial charge is 0.254 e. The molecule has 2 aromatic carbocycles. The van der Waals surface area contributed by atoms with Crippen molar-refractivity contribution in [2.75, 3.05) is 26.2 Å². The highest BCUT2D eigenvalue weighted by molar-refractivity contribution is 5.94. The summed E-state index contributed by atoms with van der Waals surface area (Å²) in [5.41, 5.74) is 4.05. The lowest BCUT2D eigenvalue weighted by atomic mass is 10.1. The molecule has 0 saturated carbocycles. The van der Waals surface area contributed by atoms with Gasteiger partial charge < -0.3 is 4.90 Å². The molecule has 1 aromatic heterocycles. The molecule has 0 bridgehead atoms. The fraction of sp³-hybridized carbons (Fsp3) is 0.300. The minimum atomic E-state index is 0.0557. The summed E-state index contributed by atoms with van der Waals surface area (Å²) in [6, 6.07) is 16.0. The number of hydrogen-bond donors (Lipinski definition) is 0. The number of amides is 1. The molecule has 27 heavy (non-hydrogen) atoms. The van der Waals surface area contributed by atoms with Crippen LogP contribution in [-0.2, 0) is 6.54 Å². The number of carbonyl (C=O) groups is 1. The molecule has 7 heteroatoms. The predicted molar refractivity (Wildman–Crippen MR) is 102 cm³/mol. The molecule has 1 aliphatic heterocycles. The highest BCUT2D eigenvalue weighted by Gasteiger charge is 2.22. The fourth-order valence-corrected chi connectivity index (χ4v) is 3.42. The lowest BCUT2D eigenvalue weighted by Crippen LogP contribution is -2.48. The Morgan fingerprint density at radius 3 is 2.59 bits per heavy atom. The molecular formula is C20H22N6O. The molecule has 1 aliphatic rings. The van der Waals surface area contributed by atoms with Crippen LogP contribution in [0.25, 0.3) is 5.69 Å². The van der Waals surface area contributed by atoms with Gasteiger partial charge in [0.1, 0.15) is 6.33 Å². The number of carbonyl (C=O) groups excluding carboxylic acids is 1. The summed E-state index contributed by atoms with van der Waals surface area (Å²) in [7, 11) is 0. The summed E-state index contributed by atoms with van der Waals surface area (Å²) >= 11 is 0. The molecule has 0 radical (unpaired) electrons. The van der Waals surface area contributed by atoms with Gasteiger partial charge in [0.05, 0.1) is 5.69 Å². The highest BCUT2D eigenvalue weighted by atomic mass is 16.2. The molecule has 1 fully saturated rings. The summed E-state index contributed by atoms with van der Waals surface area (Å²) in [4.78, 5) is 17.2. The number of benzene rings is 2. The Morgan fingerprint density at radius 1 is 1.04 bits per heavy atom. The van der Waals surface area contributed by atoms with Crippen LogP contribution < -0.4 is 0 Å². The molecule has 4 rings (SSSR count). The second-order valence-corrected chi connectivity index (χ2v) is 6.86. The minimum Gasteiger partial charge on any atom is -0.336 e. The molecule has 2 heterocycles. The van der Waals surface area contributed by atoms with Gasteiger partial charge in [0.25, 0.3) is 5.91 Å². The number of rotatable bonds is 4. The van der Waals surface area contributed by atoms with Crippen LogP contribution >= 0.6 is 0 Å². The van der Waals surface area contributed by atoms with Gasteiger partial charge in [-0.25, -0.2) is 4.68 Å². The van der Waals surface area contributed by atoms with E-state index in [0.29, 0.717) is 5.56 Å². The third-order valence-corrected chi connectivity index (χ3v) is 4.85. The van der Waals surface area contributed by atoms with E-state index in [2.05, 4.69) is 51.6 Å². The SMILES string of the molecule is Cc1cccc(CN2CCN(C(=O)c3cccc(-n4cnnn4)c3)CC2)c1. The Balaban J connectivity index is 1.38. The van der Waals surface area contributed by atoms with E-state index < -0.39 is 0 Å². The van der Waals surface area contributed by atoms with E-state index in [9.17, 15) is 4.79 Å². The second kappa shape index (κ2) is 7.67. The summed E-state index contributed by atoms with van der Waals surface area (Å²) in [5, 5.41) is 11.2. The quantitative estimate of drug-likeness (QED) is 0.709. The maximum Gasteiger partial charge on any atom is 0.254 e. The Morgan fingerprint density at radius 2 is 1.85 bits per heavy atom. The average molecular weight is 362 g/mol. The van der Waals surface area contributed by atoms with Gasteiger partial charge in [0.2, 0.25) is 0 Å². The molecule has 0 aliphatic carbocycles. The number of hydrogen-bond acceptors (Lipinski definition) is 5. The van der Waals surface area contributed by atoms with Crippen molar-refractivity contribution in [3.8, 4) is 5.69 Å². The first-order valence-corrected chi connectivity index (χ1v) is 9.10. The molecule has 0 N–H and O–H groups in total. The third-order valence-electron chi connectivity index (χ3n) is 4.85. The number of piperazine rings is 1. The van der Waals surface area contributed by atoms with Gasteiger partial charge >= 0.3 is 0 Å². The zero-order valence-corrected chi connectivity index (χ0v) is 15.3. The third kappa shape index (κ3) is 4.03. The van der Waals surface area contributed by atoms with Gasteiger partial charge in [-0.2, -0.15) is 0 Å². The van der Waals surface area contributed by atoms with E-state index in [-0.39, 0.29) is 5.91 Å². The van der Waals surface area contributed by atoms with Crippen molar-refractivity contribution in [3.63, 3.8) is 0 Å². The highest BCUT2D eigenvalue weighted by Crippen LogP contribution is 2.15. The van der Waals surface area contributed by atoms with Crippen molar-refractivity contribution in [1.82, 2.24) is 30.0 Å². The largest absolute Gasteiger partial charge is 0.336 e. The Bertz CT molecular complexity index is 916. The summed E-state index contributed by atoms with van der Waals surface area (Å²) < 4.78 is 1.55. The Kier molecular flexibility index (Phi) is 4.93. The zero-order chi connectivity index (χ0) is 18.6. The molecular weight excluding hydrogens is 340 g/mol. The number of nitrogens with zero attached hydrogens (tertiary/aromatic N) is 6. The molecule has 0 unspecified atom stereocenters. The standard InChI is InChI=1S/C20H22N6O/c1-16-4-2-5-17(12-16)14-24-8-10-25(11-9-24)20(27)18-6-3-7-19(13-18)26-15-21-22-23-26/h2-7,12-13,15H,8-11,14H2,1H3. The van der Waals surface area contributed by atoms with Gasteiger partial charge in [-0.3, -0.25) is 9.69 Å². The fourth-order valence-electron chi connectivity index (χ4n) is 3.42. The monoisotopic (exact) mass is 362 g/mol. The van der Waals surface area contributed by atoms with Crippen LogP contribution in [0.3, 0.4) is 0 Å². The van der Waals surface area contributed by atoms with Gasteiger partial charge in [-0.15, -0.1) is 5.10 Å². The molecule has 1 amide bonds. The van der Waals surface area contributed by atoms with Gasteiger partial charge in [-0.1, -0.05) is 35.9 Å². The number of tetrazole rings is 1. The maximum absolute atomic E-state index is 12.9. The van der Waals surface area contributed by atoms with Gasteiger partial charge in [-0.05, 0) is 41.1 Å². The van der Waals surface area contributed by atoms with Crippen molar-refractivity contribution in [3.05, 3.63) is 71.5 Å². The van der Waals surface area contributed by atoms with Gasteiger partial charge in [0, 0.05) is 38.3 Å². The predicted octanol–water partition coefficient (Wildman–Crippen LogP) is 1.93. The van der Waals surface area contributed by atoms with Crippen molar-refractivity contribution in [2.45, 2.75) is 13.5 Å². The van der Waals surface area contributed by atoms with Crippen molar-refractivity contribution in [1.29, 1.82) is 0 Å². The van der Waals surface area contributed by atoms with Crippen LogP contribution in [0, 0.1) is 6.92 Å². The first kappa shape index (κ1) is 17.4. The summed E-state index contributed by atoms with van der Waals surface area (Å²) in [6.07, 6.45) is 1.52. The van der Waals surface area contributed by atoms with Crippen LogP contribution in [-0.4, -0.2) is 62.1 Å². The lowest BCUT2D eigenvalue weighted by molar-refractivity contribution is 0.0628. The second-order valence-electron chi connectivity index (χ2n) is 6.86. The Hall–Kier alpha value is -3.06. The number of aromatic nitrogens is 4. The molecule has 3 aromatic rings. The molecule has 138 valence electrons. The molecule has 0 atom stereocenters. The maximum atomic E-state index is 12.9. The van der Waals surface area contributed by atoms with E-state index >= 15 is 0 Å². The average Bonchev–Trinajstić information content (AvgIpc) is 3.23. The first-order valence-electron chi connectivity index (χ1n) is 9.10. The van der Waals surface area contributed by atoms with Crippen LogP contribution in [0.1, 0.15) is 21.5 Å². The van der Waals surface area contributed by atoms with Crippen molar-refractivity contribution in [2.24, 2.45) is 0 Å². The molecule has 0 spiro atoms. The van der Waals surface area contributed by atoms with Crippen molar-refractivity contribution < 1.29 is 4.79 Å². The summed E-state index contributed by atoms with van der Waals surface area (Å²) in [6.45, 7) is 6.28. The topological polar surface area (TPSA) is 67.2 Å².